The summed E-state index contributed by atoms with van der Waals surface area (Å²) in [4.78, 5) is 42.0. The average molecular weight is 1020 g/mol. The van der Waals surface area contributed by atoms with Crippen molar-refractivity contribution in [3.8, 4) is 0 Å². The van der Waals surface area contributed by atoms with Crippen molar-refractivity contribution in [1.82, 2.24) is 13.7 Å². The van der Waals surface area contributed by atoms with E-state index in [9.17, 15) is 14.4 Å². The van der Waals surface area contributed by atoms with Gasteiger partial charge < -0.3 is 42.0 Å². The Bertz CT molecular complexity index is 1930. The number of rotatable bonds is 39. The Morgan fingerprint density at radius 3 is 0.942 bits per heavy atom. The number of hydrogen-bond acceptors (Lipinski definition) is 12. The molecule has 4 rings (SSSR count). The molecule has 4 aromatic rings. The average Bonchev–Trinajstić information content (AvgIpc) is 3.36. The van der Waals surface area contributed by atoms with Crippen molar-refractivity contribution < 1.29 is 42.0 Å². The van der Waals surface area contributed by atoms with E-state index in [-0.39, 0.29) is 84.2 Å². The van der Waals surface area contributed by atoms with E-state index in [1.807, 2.05) is 93.6 Å². The van der Waals surface area contributed by atoms with Crippen molar-refractivity contribution in [2.45, 2.75) is 118 Å². The van der Waals surface area contributed by atoms with Crippen LogP contribution in [0.3, 0.4) is 0 Å². The van der Waals surface area contributed by atoms with E-state index in [0.717, 1.165) is 105 Å². The van der Waals surface area contributed by atoms with E-state index < -0.39 is 17.1 Å². The predicted molar refractivity (Wildman–Crippen MR) is 281 cm³/mol. The first-order chi connectivity index (χ1) is 33.7. The van der Waals surface area contributed by atoms with Gasteiger partial charge >= 0.3 is 17.1 Å². The molecule has 15 nitrogen and oxygen atoms in total. The minimum absolute atomic E-state index is 0.0558. The SMILES string of the molecule is CCCCOCCOC(C)c1ccccc1POCCn1c(=O)n(CCOPc2ccccc2C(C)OCCOCCCC)c(=O)n(CCOPc2ccccc2C(C)OCCOCCCC)c1=O. The number of ether oxygens (including phenoxy) is 6. The van der Waals surface area contributed by atoms with E-state index in [2.05, 4.69) is 20.8 Å². The van der Waals surface area contributed by atoms with E-state index in [4.69, 9.17) is 42.0 Å². The Hall–Kier alpha value is -3.00. The molecular weight excluding hydrogens is 939 g/mol. The Morgan fingerprint density at radius 2 is 0.667 bits per heavy atom. The topological polar surface area (TPSA) is 149 Å². The number of aromatic nitrogens is 3. The molecule has 1 heterocycles. The molecule has 0 fully saturated rings. The van der Waals surface area contributed by atoms with Crippen LogP contribution in [0.1, 0.15) is 115 Å². The maximum Gasteiger partial charge on any atom is 0.336 e. The van der Waals surface area contributed by atoms with Gasteiger partial charge in [0.15, 0.2) is 0 Å². The molecule has 384 valence electrons. The van der Waals surface area contributed by atoms with Crippen LogP contribution in [0, 0.1) is 0 Å². The third-order valence-corrected chi connectivity index (χ3v) is 14.2. The van der Waals surface area contributed by atoms with Crippen molar-refractivity contribution in [2.75, 3.05) is 79.3 Å². The molecular formula is C51H78N3O12P3. The van der Waals surface area contributed by atoms with Gasteiger partial charge in [-0.05, 0) is 56.7 Å². The number of benzene rings is 3. The van der Waals surface area contributed by atoms with Gasteiger partial charge in [0.1, 0.15) is 0 Å². The van der Waals surface area contributed by atoms with Crippen LogP contribution in [0.2, 0.25) is 0 Å². The highest BCUT2D eigenvalue weighted by Crippen LogP contribution is 2.25. The summed E-state index contributed by atoms with van der Waals surface area (Å²) in [5, 5.41) is 2.88. The second kappa shape index (κ2) is 35.2. The summed E-state index contributed by atoms with van der Waals surface area (Å²) in [7, 11) is -0.208. The van der Waals surface area contributed by atoms with E-state index in [1.54, 1.807) is 0 Å². The highest BCUT2D eigenvalue weighted by molar-refractivity contribution is 7.42. The highest BCUT2D eigenvalue weighted by atomic mass is 31.1. The zero-order valence-electron chi connectivity index (χ0n) is 41.8. The summed E-state index contributed by atoms with van der Waals surface area (Å²) in [6.45, 7) is 17.5. The van der Waals surface area contributed by atoms with Gasteiger partial charge in [-0.3, -0.25) is 0 Å². The molecule has 0 spiro atoms. The van der Waals surface area contributed by atoms with E-state index in [1.165, 1.54) is 0 Å². The van der Waals surface area contributed by atoms with Gasteiger partial charge in [-0.1, -0.05) is 113 Å². The molecule has 3 aromatic carbocycles. The Morgan fingerprint density at radius 1 is 0.391 bits per heavy atom. The summed E-state index contributed by atoms with van der Waals surface area (Å²) in [6.07, 6.45) is 5.73. The predicted octanol–water partition coefficient (Wildman–Crippen LogP) is 7.66. The summed E-state index contributed by atoms with van der Waals surface area (Å²) >= 11 is 0. The van der Waals surface area contributed by atoms with Crippen LogP contribution in [0.25, 0.3) is 0 Å². The first-order valence-corrected chi connectivity index (χ1v) is 27.4. The first kappa shape index (κ1) is 58.6. The molecule has 0 N–H and O–H groups in total. The third kappa shape index (κ3) is 20.9. The Balaban J connectivity index is 1.44. The second-order valence-electron chi connectivity index (χ2n) is 16.4. The van der Waals surface area contributed by atoms with Gasteiger partial charge in [-0.2, -0.15) is 0 Å². The van der Waals surface area contributed by atoms with Gasteiger partial charge in [0.2, 0.25) is 0 Å². The lowest BCUT2D eigenvalue weighted by molar-refractivity contribution is 0.0113. The fourth-order valence-corrected chi connectivity index (χ4v) is 9.81. The maximum atomic E-state index is 14.0. The Labute approximate surface area is 414 Å². The highest BCUT2D eigenvalue weighted by Gasteiger charge is 2.18. The van der Waals surface area contributed by atoms with Crippen LogP contribution in [0.4, 0.5) is 0 Å². The second-order valence-corrected chi connectivity index (χ2v) is 19.4. The van der Waals surface area contributed by atoms with E-state index >= 15 is 0 Å². The first-order valence-electron chi connectivity index (χ1n) is 24.6. The minimum Gasteiger partial charge on any atom is -0.379 e. The molecule has 0 aliphatic heterocycles. The molecule has 18 heteroatoms. The van der Waals surface area contributed by atoms with Crippen LogP contribution in [0.5, 0.6) is 0 Å². The van der Waals surface area contributed by atoms with Crippen molar-refractivity contribution in [1.29, 1.82) is 0 Å². The maximum absolute atomic E-state index is 14.0. The van der Waals surface area contributed by atoms with Crippen LogP contribution < -0.4 is 33.0 Å². The van der Waals surface area contributed by atoms with Gasteiger partial charge in [-0.25, -0.2) is 28.1 Å². The van der Waals surface area contributed by atoms with Crippen LogP contribution in [0.15, 0.2) is 87.2 Å². The molecule has 0 radical (unpaired) electrons. The molecule has 6 atom stereocenters. The van der Waals surface area contributed by atoms with E-state index in [0.29, 0.717) is 39.6 Å². The van der Waals surface area contributed by atoms with Crippen LogP contribution in [-0.4, -0.2) is 93.0 Å². The van der Waals surface area contributed by atoms with Crippen LogP contribution >= 0.6 is 26.4 Å². The zero-order chi connectivity index (χ0) is 49.5. The number of nitrogens with zero attached hydrogens (tertiary/aromatic N) is 3. The van der Waals surface area contributed by atoms with Gasteiger partial charge in [-0.15, -0.1) is 0 Å². The van der Waals surface area contributed by atoms with Crippen molar-refractivity contribution in [2.24, 2.45) is 0 Å². The number of hydrogen-bond donors (Lipinski definition) is 0. The van der Waals surface area contributed by atoms with Crippen molar-refractivity contribution in [3.05, 3.63) is 121 Å². The molecule has 1 aromatic heterocycles. The molecule has 6 unspecified atom stereocenters. The molecule has 69 heavy (non-hydrogen) atoms. The lowest BCUT2D eigenvalue weighted by Gasteiger charge is -2.18. The standard InChI is InChI=1S/C51H78N3O12P3/c1-7-10-28-58-34-37-61-40(4)43-19-13-16-22-46(43)67-64-31-25-52-49(55)53(26-32-65-68-47-23-17-14-20-44(47)41(5)62-38-35-59-29-11-8-2)51(57)54(50(52)56)27-33-66-69-48-24-18-15-21-45(48)42(6)63-39-36-60-30-12-9-3/h13-24,40-42,67-69H,7-12,25-39H2,1-6H3. The smallest absolute Gasteiger partial charge is 0.336 e. The summed E-state index contributed by atoms with van der Waals surface area (Å²) in [5.74, 6) is 0. The monoisotopic (exact) mass is 1020 g/mol. The van der Waals surface area contributed by atoms with Gasteiger partial charge in [0, 0.05) is 62.2 Å². The Kier molecular flexibility index (Phi) is 29.9. The normalized spacial score (nSPS) is 13.5. The fraction of sp³-hybridized carbons (Fsp3) is 0.588. The van der Waals surface area contributed by atoms with Crippen molar-refractivity contribution >= 4 is 42.3 Å². The summed E-state index contributed by atoms with van der Waals surface area (Å²) in [6, 6.07) is 23.7. The van der Waals surface area contributed by atoms with Gasteiger partial charge in [0.25, 0.3) is 0 Å². The molecule has 0 saturated heterocycles. The zero-order valence-corrected chi connectivity index (χ0v) is 44.8. The summed E-state index contributed by atoms with van der Waals surface area (Å²) in [5.41, 5.74) is 0.796. The molecule has 0 aliphatic rings. The molecule has 0 saturated carbocycles. The lowest BCUT2D eigenvalue weighted by Crippen LogP contribution is -2.55. The largest absolute Gasteiger partial charge is 0.379 e. The fourth-order valence-electron chi connectivity index (χ4n) is 7.05. The summed E-state index contributed by atoms with van der Waals surface area (Å²) < 4.78 is 56.8. The molecule has 0 amide bonds. The quantitative estimate of drug-likeness (QED) is 0.0319. The van der Waals surface area contributed by atoms with Gasteiger partial charge in [0.05, 0.1) is 97.4 Å². The minimum atomic E-state index is -0.728. The van der Waals surface area contributed by atoms with Crippen LogP contribution in [-0.2, 0) is 61.6 Å². The molecule has 0 bridgehead atoms. The number of unbranched alkanes of at least 4 members (excludes halogenated alkanes) is 3. The van der Waals surface area contributed by atoms with Crippen molar-refractivity contribution in [3.63, 3.8) is 0 Å². The molecule has 0 aliphatic carbocycles. The lowest BCUT2D eigenvalue weighted by atomic mass is 10.1. The third-order valence-electron chi connectivity index (χ3n) is 11.1.